The van der Waals surface area contributed by atoms with Gasteiger partial charge in [-0.1, -0.05) is 155 Å². The van der Waals surface area contributed by atoms with Crippen LogP contribution in [0.15, 0.2) is 185 Å². The average Bonchev–Trinajstić information content (AvgIpc) is 3.99. The van der Waals surface area contributed by atoms with Crippen molar-refractivity contribution in [3.05, 3.63) is 198 Å². The molecule has 9 aromatic carbocycles. The summed E-state index contributed by atoms with van der Waals surface area (Å²) in [7, 11) is 0. The van der Waals surface area contributed by atoms with Gasteiger partial charge in [-0.05, 0) is 115 Å². The van der Waals surface area contributed by atoms with Crippen LogP contribution in [0.4, 0.5) is 17.1 Å². The molecule has 2 aliphatic carbocycles. The number of furan rings is 2. The summed E-state index contributed by atoms with van der Waals surface area (Å²) >= 11 is 0. The van der Waals surface area contributed by atoms with Crippen molar-refractivity contribution in [3.8, 4) is 33.4 Å². The second-order valence-electron chi connectivity index (χ2n) is 18.0. The molecule has 2 aromatic heterocycles. The van der Waals surface area contributed by atoms with E-state index >= 15 is 0 Å². The summed E-state index contributed by atoms with van der Waals surface area (Å²) in [4.78, 5) is 2.45. The first-order chi connectivity index (χ1) is 29.8. The van der Waals surface area contributed by atoms with E-state index in [1.54, 1.807) is 0 Å². The summed E-state index contributed by atoms with van der Waals surface area (Å²) < 4.78 is 13.8. The van der Waals surface area contributed by atoms with E-state index in [1.807, 2.05) is 6.07 Å². The number of nitrogens with zero attached hydrogens (tertiary/aromatic N) is 1. The molecule has 0 saturated carbocycles. The van der Waals surface area contributed by atoms with Crippen molar-refractivity contribution in [1.29, 1.82) is 0 Å². The third-order valence-corrected chi connectivity index (χ3v) is 14.1. The number of para-hydroxylation sites is 1. The van der Waals surface area contributed by atoms with E-state index in [9.17, 15) is 0 Å². The zero-order valence-electron chi connectivity index (χ0n) is 34.5. The Balaban J connectivity index is 1.14. The fourth-order valence-electron chi connectivity index (χ4n) is 11.1. The van der Waals surface area contributed by atoms with Crippen LogP contribution < -0.4 is 4.90 Å². The fraction of sp³-hybridized carbons (Fsp3) is 0.103. The topological polar surface area (TPSA) is 29.5 Å². The second kappa shape index (κ2) is 12.1. The summed E-state index contributed by atoms with van der Waals surface area (Å²) in [6.07, 6.45) is 0. The van der Waals surface area contributed by atoms with Gasteiger partial charge in [-0.15, -0.1) is 0 Å². The first kappa shape index (κ1) is 34.5. The van der Waals surface area contributed by atoms with Crippen LogP contribution in [0.25, 0.3) is 88.0 Å². The smallest absolute Gasteiger partial charge is 0.160 e. The van der Waals surface area contributed by atoms with Crippen LogP contribution >= 0.6 is 0 Å². The maximum Gasteiger partial charge on any atom is 0.160 e. The zero-order valence-corrected chi connectivity index (χ0v) is 34.5. The third-order valence-electron chi connectivity index (χ3n) is 14.1. The normalized spacial score (nSPS) is 14.5. The van der Waals surface area contributed by atoms with Crippen LogP contribution in [-0.2, 0) is 10.8 Å². The van der Waals surface area contributed by atoms with E-state index < -0.39 is 0 Å². The van der Waals surface area contributed by atoms with Gasteiger partial charge in [0.1, 0.15) is 16.7 Å². The van der Waals surface area contributed by atoms with Gasteiger partial charge < -0.3 is 13.7 Å². The lowest BCUT2D eigenvalue weighted by atomic mass is 9.82. The highest BCUT2D eigenvalue weighted by Gasteiger charge is 2.38. The summed E-state index contributed by atoms with van der Waals surface area (Å²) in [5.74, 6) is 0. The van der Waals surface area contributed by atoms with Gasteiger partial charge in [0, 0.05) is 43.7 Å². The Labute approximate surface area is 354 Å². The first-order valence-corrected chi connectivity index (χ1v) is 21.3. The molecule has 0 N–H and O–H groups in total. The molecule has 0 spiro atoms. The molecule has 0 fully saturated rings. The standard InChI is InChI=1S/C58H41NO2/c1-57(2)45-21-10-7-17-39(45)41-26-24-35(32-47(41)57)59(36-25-27-42-40-18-8-11-22-46(40)58(3,4)48(42)33-36)49-29-28-43(38-20-13-15-34-14-5-6-16-37(34)38)54-55-52(61-56(49)54)31-30-51-53(55)44-19-9-12-23-50(44)60-51/h5-33H,1-4H3. The van der Waals surface area contributed by atoms with E-state index in [4.69, 9.17) is 8.83 Å². The molecule has 290 valence electrons. The molecular formula is C58H41NO2. The molecule has 0 unspecified atom stereocenters. The molecule has 3 nitrogen and oxygen atoms in total. The molecule has 0 aliphatic heterocycles. The summed E-state index contributed by atoms with van der Waals surface area (Å²) in [6, 6.07) is 64.3. The Morgan fingerprint density at radius 3 is 1.57 bits per heavy atom. The van der Waals surface area contributed by atoms with Gasteiger partial charge in [0.2, 0.25) is 0 Å². The lowest BCUT2D eigenvalue weighted by Crippen LogP contribution is -2.18. The molecule has 0 radical (unpaired) electrons. The first-order valence-electron chi connectivity index (χ1n) is 21.3. The van der Waals surface area contributed by atoms with Crippen LogP contribution in [0.2, 0.25) is 0 Å². The van der Waals surface area contributed by atoms with Crippen molar-refractivity contribution >= 4 is 71.7 Å². The lowest BCUT2D eigenvalue weighted by Gasteiger charge is -2.30. The largest absolute Gasteiger partial charge is 0.456 e. The van der Waals surface area contributed by atoms with Gasteiger partial charge in [-0.25, -0.2) is 0 Å². The van der Waals surface area contributed by atoms with Crippen molar-refractivity contribution in [3.63, 3.8) is 0 Å². The van der Waals surface area contributed by atoms with Crippen LogP contribution in [0.5, 0.6) is 0 Å². The van der Waals surface area contributed by atoms with Gasteiger partial charge in [-0.2, -0.15) is 0 Å². The van der Waals surface area contributed by atoms with Gasteiger partial charge in [0.05, 0.1) is 5.69 Å². The number of fused-ring (bicyclic) bond motifs is 14. The van der Waals surface area contributed by atoms with Crippen LogP contribution in [0, 0.1) is 0 Å². The number of hydrogen-bond acceptors (Lipinski definition) is 3. The second-order valence-corrected chi connectivity index (χ2v) is 18.0. The minimum Gasteiger partial charge on any atom is -0.456 e. The number of rotatable bonds is 4. The minimum atomic E-state index is -0.171. The summed E-state index contributed by atoms with van der Waals surface area (Å²) in [6.45, 7) is 9.44. The maximum absolute atomic E-state index is 7.29. The maximum atomic E-state index is 7.29. The summed E-state index contributed by atoms with van der Waals surface area (Å²) in [5.41, 5.74) is 19.1. The zero-order chi connectivity index (χ0) is 40.8. The van der Waals surface area contributed by atoms with Crippen LogP contribution in [0.3, 0.4) is 0 Å². The van der Waals surface area contributed by atoms with Crippen LogP contribution in [0.1, 0.15) is 49.9 Å². The molecule has 0 amide bonds. The number of benzene rings is 9. The van der Waals surface area contributed by atoms with Gasteiger partial charge in [0.25, 0.3) is 0 Å². The molecule has 61 heavy (non-hydrogen) atoms. The SMILES string of the molecule is CC1(C)c2ccccc2-c2ccc(N(c3ccc4c(c3)C(C)(C)c3ccccc3-4)c3ccc(-c4cccc5ccccc45)c4c3oc3ccc5oc6ccccc6c5c34)cc21. The van der Waals surface area contributed by atoms with Crippen molar-refractivity contribution in [2.24, 2.45) is 0 Å². The van der Waals surface area contributed by atoms with Crippen molar-refractivity contribution in [2.75, 3.05) is 4.90 Å². The number of hydrogen-bond donors (Lipinski definition) is 0. The Hall–Kier alpha value is -7.36. The predicted octanol–water partition coefficient (Wildman–Crippen LogP) is 16.4. The Bertz CT molecular complexity index is 3560. The third kappa shape index (κ3) is 4.64. The Kier molecular flexibility index (Phi) is 6.85. The van der Waals surface area contributed by atoms with E-state index in [-0.39, 0.29) is 10.8 Å². The number of anilines is 3. The highest BCUT2D eigenvalue weighted by Crippen LogP contribution is 2.55. The molecule has 2 aliphatic rings. The molecule has 2 heterocycles. The molecular weight excluding hydrogens is 743 g/mol. The van der Waals surface area contributed by atoms with E-state index in [2.05, 4.69) is 202 Å². The molecule has 13 rings (SSSR count). The lowest BCUT2D eigenvalue weighted by molar-refractivity contribution is 0.659. The fourth-order valence-corrected chi connectivity index (χ4v) is 11.1. The van der Waals surface area contributed by atoms with Crippen LogP contribution in [-0.4, -0.2) is 0 Å². The highest BCUT2D eigenvalue weighted by molar-refractivity contribution is 6.30. The van der Waals surface area contributed by atoms with Gasteiger partial charge in [-0.3, -0.25) is 0 Å². The molecule has 0 atom stereocenters. The van der Waals surface area contributed by atoms with Crippen molar-refractivity contribution in [1.82, 2.24) is 0 Å². The Morgan fingerprint density at radius 1 is 0.361 bits per heavy atom. The Morgan fingerprint density at radius 2 is 0.885 bits per heavy atom. The molecule has 0 saturated heterocycles. The quantitative estimate of drug-likeness (QED) is 0.178. The van der Waals surface area contributed by atoms with E-state index in [1.165, 1.54) is 60.8 Å². The van der Waals surface area contributed by atoms with E-state index in [0.29, 0.717) is 0 Å². The highest BCUT2D eigenvalue weighted by atomic mass is 16.3. The summed E-state index contributed by atoms with van der Waals surface area (Å²) in [5, 5.41) is 6.71. The van der Waals surface area contributed by atoms with Crippen molar-refractivity contribution in [2.45, 2.75) is 38.5 Å². The predicted molar refractivity (Wildman–Crippen MR) is 254 cm³/mol. The molecule has 0 bridgehead atoms. The molecule has 11 aromatic rings. The minimum absolute atomic E-state index is 0.171. The average molecular weight is 784 g/mol. The van der Waals surface area contributed by atoms with Crippen molar-refractivity contribution < 1.29 is 8.83 Å². The monoisotopic (exact) mass is 783 g/mol. The molecule has 3 heteroatoms. The van der Waals surface area contributed by atoms with E-state index in [0.717, 1.165) is 66.5 Å². The van der Waals surface area contributed by atoms with Gasteiger partial charge >= 0.3 is 0 Å². The van der Waals surface area contributed by atoms with Gasteiger partial charge in [0.15, 0.2) is 5.58 Å².